The maximum Gasteiger partial charge on any atom is 0.161 e. The number of thioether (sulfide) groups is 1. The van der Waals surface area contributed by atoms with E-state index < -0.39 is 0 Å². The quantitative estimate of drug-likeness (QED) is 0.790. The number of benzene rings is 2. The summed E-state index contributed by atoms with van der Waals surface area (Å²) >= 11 is 1.90. The fraction of sp³-hybridized carbons (Fsp3) is 0.400. The van der Waals surface area contributed by atoms with E-state index in [4.69, 9.17) is 9.47 Å². The number of rotatable bonds is 6. The van der Waals surface area contributed by atoms with Crippen LogP contribution in [-0.4, -0.2) is 44.2 Å². The summed E-state index contributed by atoms with van der Waals surface area (Å²) in [5, 5.41) is 0. The van der Waals surface area contributed by atoms with Gasteiger partial charge in [0.05, 0.1) is 20.3 Å². The summed E-state index contributed by atoms with van der Waals surface area (Å²) in [7, 11) is 3.41. The third kappa shape index (κ3) is 3.40. The van der Waals surface area contributed by atoms with E-state index in [9.17, 15) is 0 Å². The summed E-state index contributed by atoms with van der Waals surface area (Å²) in [4.78, 5) is 2.58. The Hall–Kier alpha value is -1.65. The molecule has 1 aliphatic rings. The lowest BCUT2D eigenvalue weighted by Gasteiger charge is -2.38. The van der Waals surface area contributed by atoms with E-state index in [0.29, 0.717) is 0 Å². The molecule has 1 unspecified atom stereocenters. The van der Waals surface area contributed by atoms with Gasteiger partial charge in [0.15, 0.2) is 11.5 Å². The summed E-state index contributed by atoms with van der Waals surface area (Å²) in [6.07, 6.45) is 3.22. The Bertz CT molecular complexity index is 675. The van der Waals surface area contributed by atoms with Crippen molar-refractivity contribution < 1.29 is 9.47 Å². The van der Waals surface area contributed by atoms with Crippen LogP contribution in [0.2, 0.25) is 0 Å². The number of nitrogens with zero attached hydrogens (tertiary/aromatic N) is 1. The molecule has 0 radical (unpaired) electrons. The molecule has 0 saturated carbocycles. The maximum atomic E-state index is 5.56. The van der Waals surface area contributed by atoms with Crippen LogP contribution in [0.5, 0.6) is 11.5 Å². The fourth-order valence-electron chi connectivity index (χ4n) is 3.47. The van der Waals surface area contributed by atoms with Gasteiger partial charge in [-0.05, 0) is 41.5 Å². The first-order chi connectivity index (χ1) is 11.8. The average Bonchev–Trinajstić information content (AvgIpc) is 2.65. The molecule has 1 aliphatic heterocycles. The fourth-order valence-corrected chi connectivity index (χ4v) is 3.89. The van der Waals surface area contributed by atoms with Gasteiger partial charge in [-0.3, -0.25) is 4.90 Å². The van der Waals surface area contributed by atoms with Gasteiger partial charge in [0.2, 0.25) is 0 Å². The molecule has 1 atom stereocenters. The highest BCUT2D eigenvalue weighted by atomic mass is 32.2. The van der Waals surface area contributed by atoms with Crippen LogP contribution in [0.3, 0.4) is 0 Å². The Labute approximate surface area is 149 Å². The summed E-state index contributed by atoms with van der Waals surface area (Å²) in [5.41, 5.74) is 4.04. The van der Waals surface area contributed by atoms with Crippen LogP contribution < -0.4 is 9.47 Å². The maximum absolute atomic E-state index is 5.56. The molecule has 0 spiro atoms. The molecule has 0 amide bonds. The van der Waals surface area contributed by atoms with Crippen LogP contribution >= 0.6 is 11.8 Å². The van der Waals surface area contributed by atoms with Crippen molar-refractivity contribution in [1.82, 2.24) is 4.90 Å². The molecule has 0 N–H and O–H groups in total. The van der Waals surface area contributed by atoms with Gasteiger partial charge in [-0.2, -0.15) is 11.8 Å². The van der Waals surface area contributed by atoms with Crippen LogP contribution in [0.25, 0.3) is 0 Å². The second-order valence-corrected chi connectivity index (χ2v) is 6.98. The Balaban J connectivity index is 2.07. The molecular weight excluding hydrogens is 318 g/mol. The van der Waals surface area contributed by atoms with Crippen molar-refractivity contribution in [2.24, 2.45) is 0 Å². The second-order valence-electron chi connectivity index (χ2n) is 6.00. The largest absolute Gasteiger partial charge is 0.493 e. The monoisotopic (exact) mass is 343 g/mol. The molecule has 0 saturated heterocycles. The van der Waals surface area contributed by atoms with Crippen molar-refractivity contribution in [2.45, 2.75) is 12.5 Å². The van der Waals surface area contributed by atoms with Crippen LogP contribution in [0.15, 0.2) is 42.5 Å². The lowest BCUT2D eigenvalue weighted by molar-refractivity contribution is 0.226. The van der Waals surface area contributed by atoms with Crippen molar-refractivity contribution in [1.29, 1.82) is 0 Å². The SMILES string of the molecule is COc1cc2c(cc1OC)C(c1ccccc1)N(CCSC)CC2. The molecule has 0 bridgehead atoms. The summed E-state index contributed by atoms with van der Waals surface area (Å²) in [6, 6.07) is 15.4. The second kappa shape index (κ2) is 7.95. The van der Waals surface area contributed by atoms with Gasteiger partial charge in [-0.1, -0.05) is 30.3 Å². The number of fused-ring (bicyclic) bond motifs is 1. The van der Waals surface area contributed by atoms with Crippen LogP contribution in [-0.2, 0) is 6.42 Å². The summed E-state index contributed by atoms with van der Waals surface area (Å²) < 4.78 is 11.0. The minimum Gasteiger partial charge on any atom is -0.493 e. The van der Waals surface area contributed by atoms with Crippen LogP contribution in [0.4, 0.5) is 0 Å². The van der Waals surface area contributed by atoms with Crippen LogP contribution in [0.1, 0.15) is 22.7 Å². The van der Waals surface area contributed by atoms with Crippen molar-refractivity contribution in [3.8, 4) is 11.5 Å². The van der Waals surface area contributed by atoms with E-state index in [1.54, 1.807) is 14.2 Å². The van der Waals surface area contributed by atoms with E-state index in [-0.39, 0.29) is 6.04 Å². The van der Waals surface area contributed by atoms with Crippen molar-refractivity contribution in [3.63, 3.8) is 0 Å². The van der Waals surface area contributed by atoms with E-state index in [0.717, 1.165) is 36.8 Å². The van der Waals surface area contributed by atoms with Gasteiger partial charge in [0.1, 0.15) is 0 Å². The van der Waals surface area contributed by atoms with Gasteiger partial charge in [-0.15, -0.1) is 0 Å². The normalized spacial score (nSPS) is 17.4. The first-order valence-electron chi connectivity index (χ1n) is 8.31. The van der Waals surface area contributed by atoms with Gasteiger partial charge >= 0.3 is 0 Å². The third-order valence-corrected chi connectivity index (χ3v) is 5.26. The van der Waals surface area contributed by atoms with E-state index in [1.165, 1.54) is 16.7 Å². The van der Waals surface area contributed by atoms with Crippen molar-refractivity contribution in [3.05, 3.63) is 59.2 Å². The van der Waals surface area contributed by atoms with E-state index in [2.05, 4.69) is 53.6 Å². The molecule has 2 aromatic carbocycles. The molecular formula is C20H25NO2S. The number of hydrogen-bond donors (Lipinski definition) is 0. The van der Waals surface area contributed by atoms with Gasteiger partial charge < -0.3 is 9.47 Å². The smallest absolute Gasteiger partial charge is 0.161 e. The number of hydrogen-bond acceptors (Lipinski definition) is 4. The predicted molar refractivity (Wildman–Crippen MR) is 101 cm³/mol. The van der Waals surface area contributed by atoms with Crippen LogP contribution in [0, 0.1) is 0 Å². The third-order valence-electron chi connectivity index (χ3n) is 4.67. The Morgan fingerprint density at radius 3 is 2.46 bits per heavy atom. The zero-order valence-electron chi connectivity index (χ0n) is 14.6. The number of methoxy groups -OCH3 is 2. The zero-order valence-corrected chi connectivity index (χ0v) is 15.4. The lowest BCUT2D eigenvalue weighted by Crippen LogP contribution is -2.37. The first kappa shape index (κ1) is 17.2. The minimum absolute atomic E-state index is 0.280. The molecule has 2 aromatic rings. The topological polar surface area (TPSA) is 21.7 Å². The minimum atomic E-state index is 0.280. The van der Waals surface area contributed by atoms with E-state index >= 15 is 0 Å². The molecule has 4 heteroatoms. The standard InChI is InChI=1S/C20H25NO2S/c1-22-18-13-16-9-10-21(11-12-24-3)20(15-7-5-4-6-8-15)17(16)14-19(18)23-2/h4-8,13-14,20H,9-12H2,1-3H3. The molecule has 24 heavy (non-hydrogen) atoms. The molecule has 0 aromatic heterocycles. The molecule has 0 aliphatic carbocycles. The Morgan fingerprint density at radius 2 is 1.79 bits per heavy atom. The number of ether oxygens (including phenoxy) is 2. The molecule has 1 heterocycles. The van der Waals surface area contributed by atoms with Gasteiger partial charge in [0.25, 0.3) is 0 Å². The Morgan fingerprint density at radius 1 is 1.08 bits per heavy atom. The highest BCUT2D eigenvalue weighted by molar-refractivity contribution is 7.98. The Kier molecular flexibility index (Phi) is 5.69. The summed E-state index contributed by atoms with van der Waals surface area (Å²) in [5.74, 6) is 2.77. The summed E-state index contributed by atoms with van der Waals surface area (Å²) in [6.45, 7) is 2.16. The zero-order chi connectivity index (χ0) is 16.9. The highest BCUT2D eigenvalue weighted by Crippen LogP contribution is 2.40. The average molecular weight is 343 g/mol. The first-order valence-corrected chi connectivity index (χ1v) is 9.70. The molecule has 3 nitrogen and oxygen atoms in total. The van der Waals surface area contributed by atoms with Gasteiger partial charge in [0, 0.05) is 18.8 Å². The molecule has 0 fully saturated rings. The van der Waals surface area contributed by atoms with E-state index in [1.807, 2.05) is 11.8 Å². The van der Waals surface area contributed by atoms with Gasteiger partial charge in [-0.25, -0.2) is 0 Å². The predicted octanol–water partition coefficient (Wildman–Crippen LogP) is 4.01. The molecule has 128 valence electrons. The molecule has 3 rings (SSSR count). The highest BCUT2D eigenvalue weighted by Gasteiger charge is 2.29. The van der Waals surface area contributed by atoms with Crippen molar-refractivity contribution in [2.75, 3.05) is 39.3 Å². The van der Waals surface area contributed by atoms with Crippen molar-refractivity contribution >= 4 is 11.8 Å². The lowest BCUT2D eigenvalue weighted by atomic mass is 9.87.